The summed E-state index contributed by atoms with van der Waals surface area (Å²) in [7, 11) is 0. The molecule has 1 aliphatic heterocycles. The van der Waals surface area contributed by atoms with Gasteiger partial charge in [-0.25, -0.2) is 19.2 Å². The van der Waals surface area contributed by atoms with Crippen molar-refractivity contribution in [3.63, 3.8) is 0 Å². The molecule has 1 fully saturated rings. The number of benzene rings is 4. The summed E-state index contributed by atoms with van der Waals surface area (Å²) in [6.07, 6.45) is -3.85. The van der Waals surface area contributed by atoms with E-state index in [0.717, 1.165) is 5.06 Å². The minimum Gasteiger partial charge on any atom is -0.458 e. The van der Waals surface area contributed by atoms with Gasteiger partial charge in [-0.2, -0.15) is 5.06 Å². The second-order valence-corrected chi connectivity index (χ2v) is 9.93. The van der Waals surface area contributed by atoms with Gasteiger partial charge in [0, 0.05) is 0 Å². The van der Waals surface area contributed by atoms with Gasteiger partial charge >= 0.3 is 23.9 Å². The lowest BCUT2D eigenvalue weighted by Gasteiger charge is -2.31. The van der Waals surface area contributed by atoms with Crippen LogP contribution in [0.1, 0.15) is 41.4 Å². The Morgan fingerprint density at radius 2 is 1.02 bits per heavy atom. The predicted octanol–water partition coefficient (Wildman–Crippen LogP) is 4.59. The molecule has 0 unspecified atom stereocenters. The van der Waals surface area contributed by atoms with Crippen molar-refractivity contribution in [1.82, 2.24) is 5.06 Å². The van der Waals surface area contributed by atoms with E-state index in [0.29, 0.717) is 0 Å². The average molecular weight is 596 g/mol. The van der Waals surface area contributed by atoms with E-state index in [9.17, 15) is 24.4 Å². The molecule has 5 rings (SSSR count). The summed E-state index contributed by atoms with van der Waals surface area (Å²) in [6.45, 7) is -0.797. The summed E-state index contributed by atoms with van der Waals surface area (Å²) < 4.78 is 22.8. The van der Waals surface area contributed by atoms with Crippen LogP contribution in [0.4, 0.5) is 0 Å². The van der Waals surface area contributed by atoms with Gasteiger partial charge in [0.15, 0.2) is 18.3 Å². The Morgan fingerprint density at radius 1 is 0.614 bits per heavy atom. The maximum absolute atomic E-state index is 13.2. The normalized spacial score (nSPS) is 18.5. The van der Waals surface area contributed by atoms with Crippen molar-refractivity contribution in [2.45, 2.75) is 24.4 Å². The van der Waals surface area contributed by atoms with Gasteiger partial charge in [0.05, 0.1) is 28.8 Å². The number of esters is 4. The highest BCUT2D eigenvalue weighted by atomic mass is 16.6. The van der Waals surface area contributed by atoms with E-state index in [1.54, 1.807) is 109 Å². The van der Waals surface area contributed by atoms with Gasteiger partial charge in [0.25, 0.3) is 0 Å². The molecule has 10 heteroatoms. The van der Waals surface area contributed by atoms with Gasteiger partial charge in [0.1, 0.15) is 12.6 Å². The fraction of sp³-hybridized carbons (Fsp3) is 0.176. The SMILES string of the molecule is O=C(OC[C@H](OC(=O)c1ccccc1)[C@H]1[C@H](OC(=O)c2ccccc2)[C@@H](OC(=O)c2ccccc2)CN1O)c1ccccc1. The molecule has 1 N–H and O–H groups in total. The molecule has 1 heterocycles. The highest BCUT2D eigenvalue weighted by Crippen LogP contribution is 2.29. The molecule has 0 bridgehead atoms. The molecule has 1 aliphatic rings. The van der Waals surface area contributed by atoms with Gasteiger partial charge in [-0.15, -0.1) is 0 Å². The van der Waals surface area contributed by atoms with Gasteiger partial charge in [0.2, 0.25) is 0 Å². The van der Waals surface area contributed by atoms with Crippen molar-refractivity contribution >= 4 is 23.9 Å². The topological polar surface area (TPSA) is 129 Å². The third-order valence-corrected chi connectivity index (χ3v) is 6.97. The zero-order chi connectivity index (χ0) is 30.9. The number of carbonyl (C=O) groups is 4. The number of hydrogen-bond donors (Lipinski definition) is 1. The van der Waals surface area contributed by atoms with Gasteiger partial charge in [-0.3, -0.25) is 0 Å². The summed E-state index contributed by atoms with van der Waals surface area (Å²) in [5, 5.41) is 11.9. The van der Waals surface area contributed by atoms with E-state index in [4.69, 9.17) is 18.9 Å². The Balaban J connectivity index is 1.45. The van der Waals surface area contributed by atoms with Crippen LogP contribution in [-0.2, 0) is 18.9 Å². The molecule has 1 saturated heterocycles. The van der Waals surface area contributed by atoms with Crippen LogP contribution < -0.4 is 0 Å². The summed E-state index contributed by atoms with van der Waals surface area (Å²) in [5.41, 5.74) is 0.926. The smallest absolute Gasteiger partial charge is 0.338 e. The van der Waals surface area contributed by atoms with Crippen LogP contribution in [-0.4, -0.2) is 71.7 Å². The first-order valence-electron chi connectivity index (χ1n) is 13.9. The Morgan fingerprint density at radius 3 is 1.50 bits per heavy atom. The van der Waals surface area contributed by atoms with Crippen molar-refractivity contribution in [3.05, 3.63) is 144 Å². The Kier molecular flexibility index (Phi) is 9.75. The Hall–Kier alpha value is -5.32. The molecule has 44 heavy (non-hydrogen) atoms. The van der Waals surface area contributed by atoms with Crippen LogP contribution in [0.15, 0.2) is 121 Å². The molecule has 4 aromatic carbocycles. The van der Waals surface area contributed by atoms with Crippen molar-refractivity contribution in [2.75, 3.05) is 13.2 Å². The predicted molar refractivity (Wildman–Crippen MR) is 156 cm³/mol. The van der Waals surface area contributed by atoms with Crippen LogP contribution in [0.5, 0.6) is 0 Å². The van der Waals surface area contributed by atoms with E-state index >= 15 is 0 Å². The second-order valence-electron chi connectivity index (χ2n) is 9.93. The first kappa shape index (κ1) is 30.1. The molecule has 0 spiro atoms. The summed E-state index contributed by atoms with van der Waals surface area (Å²) in [4.78, 5) is 52.2. The number of carbonyl (C=O) groups excluding carboxylic acids is 4. The van der Waals surface area contributed by atoms with Crippen LogP contribution in [0.25, 0.3) is 0 Å². The Bertz CT molecular complexity index is 1570. The lowest BCUT2D eigenvalue weighted by atomic mass is 10.0. The highest BCUT2D eigenvalue weighted by molar-refractivity contribution is 5.91. The minimum absolute atomic E-state index is 0.208. The number of nitrogens with zero attached hydrogens (tertiary/aromatic N) is 1. The molecule has 0 aliphatic carbocycles. The molecule has 4 atom stereocenters. The highest BCUT2D eigenvalue weighted by Gasteiger charge is 2.52. The second kappa shape index (κ2) is 14.2. The molecular weight excluding hydrogens is 566 g/mol. The van der Waals surface area contributed by atoms with E-state index in [2.05, 4.69) is 0 Å². The fourth-order valence-corrected chi connectivity index (χ4v) is 4.80. The van der Waals surface area contributed by atoms with E-state index < -0.39 is 54.8 Å². The lowest BCUT2D eigenvalue weighted by Crippen LogP contribution is -2.50. The molecule has 224 valence electrons. The van der Waals surface area contributed by atoms with Gasteiger partial charge in [-0.1, -0.05) is 72.8 Å². The fourth-order valence-electron chi connectivity index (χ4n) is 4.80. The third-order valence-electron chi connectivity index (χ3n) is 6.97. The minimum atomic E-state index is -1.35. The van der Waals surface area contributed by atoms with Crippen molar-refractivity contribution in [1.29, 1.82) is 0 Å². The molecule has 4 aromatic rings. The first-order valence-corrected chi connectivity index (χ1v) is 13.9. The molecule has 10 nitrogen and oxygen atoms in total. The van der Waals surface area contributed by atoms with E-state index in [1.165, 1.54) is 12.1 Å². The zero-order valence-corrected chi connectivity index (χ0v) is 23.4. The molecule has 0 radical (unpaired) electrons. The van der Waals surface area contributed by atoms with E-state index in [1.807, 2.05) is 0 Å². The van der Waals surface area contributed by atoms with Gasteiger partial charge < -0.3 is 24.2 Å². The van der Waals surface area contributed by atoms with E-state index in [-0.39, 0.29) is 28.8 Å². The van der Waals surface area contributed by atoms with Crippen LogP contribution in [0.2, 0.25) is 0 Å². The first-order chi connectivity index (χ1) is 21.4. The summed E-state index contributed by atoms with van der Waals surface area (Å²) >= 11 is 0. The lowest BCUT2D eigenvalue weighted by molar-refractivity contribution is -0.156. The molecular formula is C34H29NO9. The van der Waals surface area contributed by atoms with Gasteiger partial charge in [-0.05, 0) is 48.5 Å². The standard InChI is InChI=1S/C34H29NO9/c36-31(23-13-5-1-6-14-23)41-22-28(43-33(38)25-17-9-3-10-18-25)29-30(44-34(39)26-19-11-4-12-20-26)27(21-35(29)40)42-32(37)24-15-7-2-8-16-24/h1-20,27-30,40H,21-22H2/t27-,28-,29-,30+/m0/s1. The number of hydrogen-bond acceptors (Lipinski definition) is 10. The largest absolute Gasteiger partial charge is 0.458 e. The number of hydroxylamine groups is 2. The number of ether oxygens (including phenoxy) is 4. The van der Waals surface area contributed by atoms with Crippen molar-refractivity contribution in [3.8, 4) is 0 Å². The summed E-state index contributed by atoms with van der Waals surface area (Å²) in [6, 6.07) is 31.3. The Labute approximate surface area is 253 Å². The number of rotatable bonds is 10. The quantitative estimate of drug-likeness (QED) is 0.205. The third kappa shape index (κ3) is 7.35. The maximum Gasteiger partial charge on any atom is 0.338 e. The maximum atomic E-state index is 13.2. The molecule has 0 saturated carbocycles. The van der Waals surface area contributed by atoms with Crippen LogP contribution >= 0.6 is 0 Å². The van der Waals surface area contributed by atoms with Crippen LogP contribution in [0.3, 0.4) is 0 Å². The molecule has 0 amide bonds. The van der Waals surface area contributed by atoms with Crippen LogP contribution in [0, 0.1) is 0 Å². The zero-order valence-electron chi connectivity index (χ0n) is 23.4. The van der Waals surface area contributed by atoms with Crippen molar-refractivity contribution in [2.24, 2.45) is 0 Å². The molecule has 0 aromatic heterocycles. The summed E-state index contributed by atoms with van der Waals surface area (Å²) in [5.74, 6) is -2.93. The monoisotopic (exact) mass is 595 g/mol. The average Bonchev–Trinajstić information content (AvgIpc) is 3.37. The van der Waals surface area contributed by atoms with Crippen molar-refractivity contribution < 1.29 is 43.3 Å².